The van der Waals surface area contributed by atoms with Crippen LogP contribution in [0.2, 0.25) is 5.02 Å². The molecule has 0 atom stereocenters. The Kier molecular flexibility index (Phi) is 3.54. The van der Waals surface area contributed by atoms with Gasteiger partial charge >= 0.3 is 0 Å². The average Bonchev–Trinajstić information content (AvgIpc) is 2.30. The number of hydrogen-bond donors (Lipinski definition) is 1. The van der Waals surface area contributed by atoms with Crippen molar-refractivity contribution in [3.8, 4) is 11.6 Å². The first-order valence-electron chi connectivity index (χ1n) is 4.92. The van der Waals surface area contributed by atoms with Crippen molar-refractivity contribution in [1.82, 2.24) is 4.98 Å². The lowest BCUT2D eigenvalue weighted by molar-refractivity contribution is 0.459. The van der Waals surface area contributed by atoms with Gasteiger partial charge in [0.2, 0.25) is 5.88 Å². The number of aromatic nitrogens is 1. The van der Waals surface area contributed by atoms with E-state index in [9.17, 15) is 0 Å². The second kappa shape index (κ2) is 4.94. The van der Waals surface area contributed by atoms with Gasteiger partial charge in [0.05, 0.1) is 9.50 Å². The summed E-state index contributed by atoms with van der Waals surface area (Å²) in [6.07, 6.45) is 1.68. The number of ether oxygens (including phenoxy) is 1. The third-order valence-electron chi connectivity index (χ3n) is 2.21. The highest BCUT2D eigenvalue weighted by atomic mass is 79.9. The summed E-state index contributed by atoms with van der Waals surface area (Å²) in [5.74, 6) is 0.961. The molecule has 0 unspecified atom stereocenters. The van der Waals surface area contributed by atoms with Crippen LogP contribution in [0.25, 0.3) is 0 Å². The van der Waals surface area contributed by atoms with Crippen LogP contribution in [-0.2, 0) is 0 Å². The number of nitrogens with zero attached hydrogens (tertiary/aromatic N) is 1. The fraction of sp³-hybridized carbons (Fsp3) is 0.0833. The first-order chi connectivity index (χ1) is 8.08. The van der Waals surface area contributed by atoms with Crippen molar-refractivity contribution in [2.75, 3.05) is 5.73 Å². The first-order valence-corrected chi connectivity index (χ1v) is 6.09. The molecular weight excluding hydrogens is 304 g/mol. The van der Waals surface area contributed by atoms with Gasteiger partial charge in [-0.15, -0.1) is 0 Å². The zero-order chi connectivity index (χ0) is 12.4. The van der Waals surface area contributed by atoms with E-state index < -0.39 is 0 Å². The predicted molar refractivity (Wildman–Crippen MR) is 72.6 cm³/mol. The number of aryl methyl sites for hydroxylation is 1. The first kappa shape index (κ1) is 12.2. The second-order valence-corrected chi connectivity index (χ2v) is 4.74. The Labute approximate surface area is 113 Å². The second-order valence-electron chi connectivity index (χ2n) is 3.54. The summed E-state index contributed by atoms with van der Waals surface area (Å²) in [4.78, 5) is 4.14. The summed E-state index contributed by atoms with van der Waals surface area (Å²) in [7, 11) is 0. The molecule has 5 heteroatoms. The maximum absolute atomic E-state index is 6.01. The molecular formula is C12H10BrClN2O. The van der Waals surface area contributed by atoms with Gasteiger partial charge in [-0.05, 0) is 46.6 Å². The van der Waals surface area contributed by atoms with Crippen molar-refractivity contribution in [3.05, 3.63) is 45.5 Å². The molecule has 17 heavy (non-hydrogen) atoms. The van der Waals surface area contributed by atoms with E-state index in [-0.39, 0.29) is 0 Å². The quantitative estimate of drug-likeness (QED) is 0.846. The van der Waals surface area contributed by atoms with Crippen LogP contribution in [-0.4, -0.2) is 4.98 Å². The number of benzene rings is 1. The van der Waals surface area contributed by atoms with Crippen molar-refractivity contribution in [1.29, 1.82) is 0 Å². The van der Waals surface area contributed by atoms with Gasteiger partial charge in [-0.1, -0.05) is 11.6 Å². The van der Waals surface area contributed by atoms with Crippen LogP contribution in [0.3, 0.4) is 0 Å². The summed E-state index contributed by atoms with van der Waals surface area (Å²) >= 11 is 9.43. The van der Waals surface area contributed by atoms with Crippen LogP contribution in [0, 0.1) is 6.92 Å². The number of rotatable bonds is 2. The van der Waals surface area contributed by atoms with E-state index in [1.54, 1.807) is 24.4 Å². The SMILES string of the molecule is Cc1ccnc(Oc2cc(N)ccc2Cl)c1Br. The molecule has 1 heterocycles. The number of anilines is 1. The predicted octanol–water partition coefficient (Wildman–Crippen LogP) is 4.18. The molecule has 0 radical (unpaired) electrons. The highest BCUT2D eigenvalue weighted by molar-refractivity contribution is 9.10. The highest BCUT2D eigenvalue weighted by Crippen LogP contribution is 2.34. The number of pyridine rings is 1. The van der Waals surface area contributed by atoms with Gasteiger partial charge < -0.3 is 10.5 Å². The van der Waals surface area contributed by atoms with Crippen LogP contribution in [0.1, 0.15) is 5.56 Å². The lowest BCUT2D eigenvalue weighted by atomic mass is 10.3. The van der Waals surface area contributed by atoms with E-state index >= 15 is 0 Å². The minimum absolute atomic E-state index is 0.470. The monoisotopic (exact) mass is 312 g/mol. The Hall–Kier alpha value is -1.26. The Bertz CT molecular complexity index is 560. The fourth-order valence-corrected chi connectivity index (χ4v) is 1.76. The summed E-state index contributed by atoms with van der Waals surface area (Å²) in [6, 6.07) is 6.96. The Balaban J connectivity index is 2.38. The van der Waals surface area contributed by atoms with Crippen LogP contribution < -0.4 is 10.5 Å². The molecule has 2 aromatic rings. The van der Waals surface area contributed by atoms with Crippen molar-refractivity contribution in [3.63, 3.8) is 0 Å². The molecule has 0 bridgehead atoms. The van der Waals surface area contributed by atoms with Gasteiger partial charge in [-0.3, -0.25) is 0 Å². The maximum Gasteiger partial charge on any atom is 0.233 e. The lowest BCUT2D eigenvalue weighted by Gasteiger charge is -2.09. The van der Waals surface area contributed by atoms with E-state index in [2.05, 4.69) is 20.9 Å². The molecule has 0 saturated heterocycles. The zero-order valence-electron chi connectivity index (χ0n) is 9.08. The van der Waals surface area contributed by atoms with Crippen LogP contribution in [0.15, 0.2) is 34.9 Å². The van der Waals surface area contributed by atoms with Crippen LogP contribution >= 0.6 is 27.5 Å². The number of nitrogen functional groups attached to an aromatic ring is 1. The third kappa shape index (κ3) is 2.70. The molecule has 0 amide bonds. The minimum atomic E-state index is 0.470. The van der Waals surface area contributed by atoms with Gasteiger partial charge in [-0.2, -0.15) is 0 Å². The smallest absolute Gasteiger partial charge is 0.233 e. The van der Waals surface area contributed by atoms with Crippen molar-refractivity contribution in [2.24, 2.45) is 0 Å². The van der Waals surface area contributed by atoms with Crippen LogP contribution in [0.4, 0.5) is 5.69 Å². The van der Waals surface area contributed by atoms with Gasteiger partial charge in [0.15, 0.2) is 0 Å². The third-order valence-corrected chi connectivity index (χ3v) is 3.49. The van der Waals surface area contributed by atoms with E-state index in [4.69, 9.17) is 22.1 Å². The Morgan fingerprint density at radius 1 is 1.35 bits per heavy atom. The summed E-state index contributed by atoms with van der Waals surface area (Å²) in [6.45, 7) is 1.96. The van der Waals surface area contributed by atoms with E-state index in [0.717, 1.165) is 10.0 Å². The fourth-order valence-electron chi connectivity index (χ4n) is 1.29. The molecule has 0 aliphatic carbocycles. The molecule has 0 fully saturated rings. The molecule has 2 N–H and O–H groups in total. The molecule has 1 aromatic heterocycles. The summed E-state index contributed by atoms with van der Waals surface area (Å²) in [5.41, 5.74) is 7.31. The largest absolute Gasteiger partial charge is 0.436 e. The average molecular weight is 314 g/mol. The van der Waals surface area contributed by atoms with Crippen molar-refractivity contribution >= 4 is 33.2 Å². The standard InChI is InChI=1S/C12H10BrClN2O/c1-7-4-5-16-12(11(7)13)17-10-6-8(15)2-3-9(10)14/h2-6H,15H2,1H3. The normalized spacial score (nSPS) is 10.3. The molecule has 0 spiro atoms. The molecule has 88 valence electrons. The molecule has 1 aromatic carbocycles. The molecule has 2 rings (SSSR count). The van der Waals surface area contributed by atoms with E-state index in [1.165, 1.54) is 0 Å². The molecule has 0 aliphatic heterocycles. The number of nitrogens with two attached hydrogens (primary N) is 1. The van der Waals surface area contributed by atoms with Crippen molar-refractivity contribution < 1.29 is 4.74 Å². The molecule has 0 aliphatic rings. The maximum atomic E-state index is 6.01. The number of halogens is 2. The van der Waals surface area contributed by atoms with Gasteiger partial charge in [0.1, 0.15) is 5.75 Å². The highest BCUT2D eigenvalue weighted by Gasteiger charge is 2.09. The molecule has 0 saturated carbocycles. The van der Waals surface area contributed by atoms with Crippen LogP contribution in [0.5, 0.6) is 11.6 Å². The molecule has 3 nitrogen and oxygen atoms in total. The Morgan fingerprint density at radius 2 is 2.12 bits per heavy atom. The summed E-state index contributed by atoms with van der Waals surface area (Å²) < 4.78 is 6.44. The number of hydrogen-bond acceptors (Lipinski definition) is 3. The lowest BCUT2D eigenvalue weighted by Crippen LogP contribution is -1.93. The van der Waals surface area contributed by atoms with Gasteiger partial charge in [0, 0.05) is 18.0 Å². The minimum Gasteiger partial charge on any atom is -0.436 e. The van der Waals surface area contributed by atoms with Gasteiger partial charge in [0.25, 0.3) is 0 Å². The zero-order valence-corrected chi connectivity index (χ0v) is 11.4. The Morgan fingerprint density at radius 3 is 2.88 bits per heavy atom. The van der Waals surface area contributed by atoms with E-state index in [1.807, 2.05) is 13.0 Å². The van der Waals surface area contributed by atoms with Gasteiger partial charge in [-0.25, -0.2) is 4.98 Å². The van der Waals surface area contributed by atoms with E-state index in [0.29, 0.717) is 22.3 Å². The summed E-state index contributed by atoms with van der Waals surface area (Å²) in [5, 5.41) is 0.495. The topological polar surface area (TPSA) is 48.1 Å². The van der Waals surface area contributed by atoms with Crippen molar-refractivity contribution in [2.45, 2.75) is 6.92 Å².